The fraction of sp³-hybridized carbons (Fsp3) is 0.273. The second-order valence-corrected chi connectivity index (χ2v) is 4.49. The standard InChI is InChI=1S/C11H12ClN3OS/c1-7(16)13-5-6-15-10-8(12)3-2-4-9(10)14-11(15)17/h2-4H,5-6H2,1H3,(H,13,16)(H,14,17). The Kier molecular flexibility index (Phi) is 3.49. The second-order valence-electron chi connectivity index (χ2n) is 3.70. The van der Waals surface area contributed by atoms with E-state index in [4.69, 9.17) is 23.8 Å². The van der Waals surface area contributed by atoms with E-state index in [2.05, 4.69) is 10.3 Å². The third-order valence-corrected chi connectivity index (χ3v) is 3.08. The number of nitrogens with one attached hydrogen (secondary N) is 2. The van der Waals surface area contributed by atoms with Gasteiger partial charge in [-0.2, -0.15) is 0 Å². The monoisotopic (exact) mass is 269 g/mol. The first-order chi connectivity index (χ1) is 8.09. The molecule has 6 heteroatoms. The predicted octanol–water partition coefficient (Wildman–Crippen LogP) is 2.49. The molecule has 0 aliphatic rings. The normalized spacial score (nSPS) is 10.7. The number of para-hydroxylation sites is 1. The van der Waals surface area contributed by atoms with Crippen molar-refractivity contribution in [2.75, 3.05) is 6.54 Å². The lowest BCUT2D eigenvalue weighted by atomic mass is 10.3. The van der Waals surface area contributed by atoms with Gasteiger partial charge in [0.15, 0.2) is 4.77 Å². The number of H-pyrrole nitrogens is 1. The topological polar surface area (TPSA) is 49.8 Å². The summed E-state index contributed by atoms with van der Waals surface area (Å²) in [6, 6.07) is 5.61. The van der Waals surface area contributed by atoms with E-state index in [-0.39, 0.29) is 5.91 Å². The number of fused-ring (bicyclic) bond motifs is 1. The molecule has 1 aromatic carbocycles. The molecular formula is C11H12ClN3OS. The van der Waals surface area contributed by atoms with Crippen LogP contribution in [0.3, 0.4) is 0 Å². The molecule has 4 nitrogen and oxygen atoms in total. The summed E-state index contributed by atoms with van der Waals surface area (Å²) in [5.74, 6) is -0.0533. The van der Waals surface area contributed by atoms with Crippen molar-refractivity contribution in [3.63, 3.8) is 0 Å². The molecule has 17 heavy (non-hydrogen) atoms. The van der Waals surface area contributed by atoms with Gasteiger partial charge in [0, 0.05) is 20.0 Å². The Bertz CT molecular complexity index is 617. The Morgan fingerprint density at radius 2 is 2.35 bits per heavy atom. The van der Waals surface area contributed by atoms with Gasteiger partial charge in [0.05, 0.1) is 16.1 Å². The summed E-state index contributed by atoms with van der Waals surface area (Å²) in [5.41, 5.74) is 1.79. The second kappa shape index (κ2) is 4.89. The maximum atomic E-state index is 10.8. The van der Waals surface area contributed by atoms with Crippen molar-refractivity contribution in [3.8, 4) is 0 Å². The summed E-state index contributed by atoms with van der Waals surface area (Å²) < 4.78 is 2.50. The van der Waals surface area contributed by atoms with E-state index in [1.807, 2.05) is 22.8 Å². The number of hydrogen-bond donors (Lipinski definition) is 2. The molecule has 0 bridgehead atoms. The first kappa shape index (κ1) is 12.1. The fourth-order valence-corrected chi connectivity index (χ4v) is 2.30. The first-order valence-corrected chi connectivity index (χ1v) is 5.99. The molecule has 1 aromatic heterocycles. The minimum Gasteiger partial charge on any atom is -0.355 e. The molecule has 2 N–H and O–H groups in total. The van der Waals surface area contributed by atoms with Crippen molar-refractivity contribution in [1.82, 2.24) is 14.9 Å². The molecule has 1 heterocycles. The van der Waals surface area contributed by atoms with Gasteiger partial charge in [0.2, 0.25) is 5.91 Å². The molecule has 2 aromatic rings. The minimum atomic E-state index is -0.0533. The Hall–Kier alpha value is -1.33. The largest absolute Gasteiger partial charge is 0.355 e. The van der Waals surface area contributed by atoms with Crippen molar-refractivity contribution in [3.05, 3.63) is 28.0 Å². The highest BCUT2D eigenvalue weighted by Crippen LogP contribution is 2.22. The van der Waals surface area contributed by atoms with Crippen LogP contribution in [0.2, 0.25) is 5.02 Å². The molecule has 1 amide bonds. The van der Waals surface area contributed by atoms with Gasteiger partial charge in [-0.1, -0.05) is 17.7 Å². The van der Waals surface area contributed by atoms with Crippen LogP contribution in [0.1, 0.15) is 6.92 Å². The lowest BCUT2D eigenvalue weighted by molar-refractivity contribution is -0.118. The fourth-order valence-electron chi connectivity index (χ4n) is 1.73. The highest BCUT2D eigenvalue weighted by molar-refractivity contribution is 7.71. The third-order valence-electron chi connectivity index (χ3n) is 2.45. The predicted molar refractivity (Wildman–Crippen MR) is 70.8 cm³/mol. The van der Waals surface area contributed by atoms with E-state index in [9.17, 15) is 4.79 Å². The zero-order valence-electron chi connectivity index (χ0n) is 9.29. The molecular weight excluding hydrogens is 258 g/mol. The highest BCUT2D eigenvalue weighted by atomic mass is 35.5. The average molecular weight is 270 g/mol. The number of carbonyl (C=O) groups excluding carboxylic acids is 1. The third kappa shape index (κ3) is 2.50. The lowest BCUT2D eigenvalue weighted by Crippen LogP contribution is -2.24. The maximum Gasteiger partial charge on any atom is 0.216 e. The molecule has 2 rings (SSSR count). The highest BCUT2D eigenvalue weighted by Gasteiger charge is 2.07. The number of hydrogen-bond acceptors (Lipinski definition) is 2. The molecule has 0 fully saturated rings. The molecule has 0 saturated heterocycles. The number of benzene rings is 1. The SMILES string of the molecule is CC(=O)NCCn1c(=S)[nH]c2cccc(Cl)c21. The van der Waals surface area contributed by atoms with Gasteiger partial charge in [0.1, 0.15) is 0 Å². The summed E-state index contributed by atoms with van der Waals surface area (Å²) in [6.45, 7) is 2.62. The summed E-state index contributed by atoms with van der Waals surface area (Å²) in [6.07, 6.45) is 0. The van der Waals surface area contributed by atoms with Crippen molar-refractivity contribution < 1.29 is 4.79 Å². The lowest BCUT2D eigenvalue weighted by Gasteiger charge is -2.06. The van der Waals surface area contributed by atoms with E-state index in [1.165, 1.54) is 6.92 Å². The number of amides is 1. The van der Waals surface area contributed by atoms with Crippen molar-refractivity contribution in [2.24, 2.45) is 0 Å². The summed E-state index contributed by atoms with van der Waals surface area (Å²) in [5, 5.41) is 3.38. The number of rotatable bonds is 3. The van der Waals surface area contributed by atoms with Crippen molar-refractivity contribution in [2.45, 2.75) is 13.5 Å². The van der Waals surface area contributed by atoms with Crippen molar-refractivity contribution in [1.29, 1.82) is 0 Å². The van der Waals surface area contributed by atoms with Gasteiger partial charge in [0.25, 0.3) is 0 Å². The van der Waals surface area contributed by atoms with Crippen molar-refractivity contribution >= 4 is 40.8 Å². The molecule has 0 saturated carbocycles. The van der Waals surface area contributed by atoms with Crippen LogP contribution in [0.4, 0.5) is 0 Å². The molecule has 0 aliphatic carbocycles. The maximum absolute atomic E-state index is 10.8. The van der Waals surface area contributed by atoms with E-state index in [0.29, 0.717) is 22.9 Å². The van der Waals surface area contributed by atoms with Crippen LogP contribution in [-0.4, -0.2) is 22.0 Å². The van der Waals surface area contributed by atoms with Gasteiger partial charge in [-0.15, -0.1) is 0 Å². The summed E-state index contributed by atoms with van der Waals surface area (Å²) in [4.78, 5) is 13.9. The summed E-state index contributed by atoms with van der Waals surface area (Å²) >= 11 is 11.4. The Morgan fingerprint density at radius 1 is 1.59 bits per heavy atom. The van der Waals surface area contributed by atoms with Crippen LogP contribution in [0, 0.1) is 4.77 Å². The smallest absolute Gasteiger partial charge is 0.216 e. The molecule has 0 atom stereocenters. The molecule has 0 unspecified atom stereocenters. The number of halogens is 1. The number of nitrogens with zero attached hydrogens (tertiary/aromatic N) is 1. The summed E-state index contributed by atoms with van der Waals surface area (Å²) in [7, 11) is 0. The minimum absolute atomic E-state index is 0.0533. The van der Waals surface area contributed by atoms with E-state index in [0.717, 1.165) is 11.0 Å². The average Bonchev–Trinajstić information content (AvgIpc) is 2.56. The Balaban J connectivity index is 2.36. The number of imidazole rings is 1. The zero-order valence-corrected chi connectivity index (χ0v) is 10.9. The number of carbonyl (C=O) groups is 1. The van der Waals surface area contributed by atoms with Crippen LogP contribution in [0.5, 0.6) is 0 Å². The number of aromatic nitrogens is 2. The van der Waals surface area contributed by atoms with Gasteiger partial charge < -0.3 is 14.9 Å². The van der Waals surface area contributed by atoms with E-state index >= 15 is 0 Å². The van der Waals surface area contributed by atoms with Crippen LogP contribution >= 0.6 is 23.8 Å². The number of aromatic amines is 1. The molecule has 90 valence electrons. The van der Waals surface area contributed by atoms with Gasteiger partial charge in [-0.3, -0.25) is 4.79 Å². The molecule has 0 radical (unpaired) electrons. The van der Waals surface area contributed by atoms with Gasteiger partial charge in [-0.25, -0.2) is 0 Å². The Morgan fingerprint density at radius 3 is 3.06 bits per heavy atom. The van der Waals surface area contributed by atoms with Gasteiger partial charge in [-0.05, 0) is 24.4 Å². The molecule has 0 aliphatic heterocycles. The Labute approximate surface area is 109 Å². The zero-order chi connectivity index (χ0) is 12.4. The van der Waals surface area contributed by atoms with E-state index in [1.54, 1.807) is 0 Å². The molecule has 0 spiro atoms. The van der Waals surface area contributed by atoms with Gasteiger partial charge >= 0.3 is 0 Å². The van der Waals surface area contributed by atoms with Crippen LogP contribution in [0.25, 0.3) is 11.0 Å². The van der Waals surface area contributed by atoms with Crippen LogP contribution in [0.15, 0.2) is 18.2 Å². The van der Waals surface area contributed by atoms with Crippen LogP contribution in [-0.2, 0) is 11.3 Å². The van der Waals surface area contributed by atoms with E-state index < -0.39 is 0 Å². The first-order valence-electron chi connectivity index (χ1n) is 5.21. The quantitative estimate of drug-likeness (QED) is 0.841. The van der Waals surface area contributed by atoms with Crippen LogP contribution < -0.4 is 5.32 Å².